The van der Waals surface area contributed by atoms with E-state index in [0.717, 1.165) is 32.2 Å². The normalized spacial score (nSPS) is 11.5. The van der Waals surface area contributed by atoms with Crippen molar-refractivity contribution < 1.29 is 4.79 Å². The smallest absolute Gasteiger partial charge is 0.227 e. The van der Waals surface area contributed by atoms with Gasteiger partial charge in [-0.05, 0) is 12.8 Å². The quantitative estimate of drug-likeness (QED) is 0.712. The average Bonchev–Trinajstić information content (AvgIpc) is 2.91. The summed E-state index contributed by atoms with van der Waals surface area (Å²) in [5.74, 6) is 0.0961. The van der Waals surface area contributed by atoms with Gasteiger partial charge < -0.3 is 15.6 Å². The fourth-order valence-corrected chi connectivity index (χ4v) is 2.51. The lowest BCUT2D eigenvalue weighted by Crippen LogP contribution is -2.46. The van der Waals surface area contributed by atoms with Crippen LogP contribution in [0.15, 0.2) is 18.7 Å². The summed E-state index contributed by atoms with van der Waals surface area (Å²) in [7, 11) is 0. The van der Waals surface area contributed by atoms with Crippen molar-refractivity contribution >= 4 is 5.91 Å². The molecule has 0 aromatic carbocycles. The Balaban J connectivity index is 2.51. The molecule has 5 heteroatoms. The molecular formula is C14H26N4O. The monoisotopic (exact) mass is 266 g/mol. The second-order valence-electron chi connectivity index (χ2n) is 5.04. The molecule has 1 aromatic heterocycles. The summed E-state index contributed by atoms with van der Waals surface area (Å²) in [4.78, 5) is 16.4. The highest BCUT2D eigenvalue weighted by Crippen LogP contribution is 2.28. The zero-order valence-corrected chi connectivity index (χ0v) is 12.1. The molecule has 19 heavy (non-hydrogen) atoms. The van der Waals surface area contributed by atoms with Gasteiger partial charge >= 0.3 is 0 Å². The molecule has 0 aliphatic rings. The number of hydrogen-bond donors (Lipinski definition) is 2. The summed E-state index contributed by atoms with van der Waals surface area (Å²) in [6.45, 7) is 5.97. The Bertz CT molecular complexity index is 356. The van der Waals surface area contributed by atoms with Gasteiger partial charge in [-0.3, -0.25) is 4.79 Å². The van der Waals surface area contributed by atoms with Crippen molar-refractivity contribution in [2.45, 2.75) is 46.1 Å². The lowest BCUT2D eigenvalue weighted by Gasteiger charge is -2.30. The van der Waals surface area contributed by atoms with Crippen molar-refractivity contribution in [2.24, 2.45) is 11.1 Å². The number of hydrogen-bond acceptors (Lipinski definition) is 3. The lowest BCUT2D eigenvalue weighted by molar-refractivity contribution is -0.131. The Morgan fingerprint density at radius 2 is 2.05 bits per heavy atom. The molecule has 1 rings (SSSR count). The summed E-state index contributed by atoms with van der Waals surface area (Å²) in [6, 6.07) is 0. The standard InChI is InChI=1S/C14H26N4O/c1-3-5-14(11-15,6-4-2)13(19)17-8-10-18-9-7-16-12-18/h7,9,12H,3-6,8,10-11,15H2,1-2H3,(H,17,19). The Morgan fingerprint density at radius 1 is 1.37 bits per heavy atom. The minimum atomic E-state index is -0.390. The summed E-state index contributed by atoms with van der Waals surface area (Å²) in [5, 5.41) is 3.01. The number of carbonyl (C=O) groups excluding carboxylic acids is 1. The fourth-order valence-electron chi connectivity index (χ4n) is 2.51. The third-order valence-electron chi connectivity index (χ3n) is 3.54. The first kappa shape index (κ1) is 15.7. The maximum Gasteiger partial charge on any atom is 0.227 e. The first-order chi connectivity index (χ1) is 9.18. The lowest BCUT2D eigenvalue weighted by atomic mass is 9.78. The average molecular weight is 266 g/mol. The van der Waals surface area contributed by atoms with E-state index in [1.165, 1.54) is 0 Å². The van der Waals surface area contributed by atoms with Gasteiger partial charge in [0.15, 0.2) is 0 Å². The van der Waals surface area contributed by atoms with Crippen LogP contribution in [0.3, 0.4) is 0 Å². The number of rotatable bonds is 9. The molecule has 0 radical (unpaired) electrons. The minimum absolute atomic E-state index is 0.0961. The first-order valence-corrected chi connectivity index (χ1v) is 7.12. The maximum absolute atomic E-state index is 12.4. The van der Waals surface area contributed by atoms with Crippen molar-refractivity contribution in [3.05, 3.63) is 18.7 Å². The predicted molar refractivity (Wildman–Crippen MR) is 76.5 cm³/mol. The molecule has 0 atom stereocenters. The van der Waals surface area contributed by atoms with E-state index in [2.05, 4.69) is 24.1 Å². The summed E-state index contributed by atoms with van der Waals surface area (Å²) in [6.07, 6.45) is 9.04. The topological polar surface area (TPSA) is 72.9 Å². The van der Waals surface area contributed by atoms with E-state index in [0.29, 0.717) is 13.1 Å². The van der Waals surface area contributed by atoms with Gasteiger partial charge in [-0.25, -0.2) is 4.98 Å². The molecule has 0 bridgehead atoms. The van der Waals surface area contributed by atoms with Crippen LogP contribution in [0.2, 0.25) is 0 Å². The van der Waals surface area contributed by atoms with Crippen LogP contribution in [0.4, 0.5) is 0 Å². The molecule has 3 N–H and O–H groups in total. The molecule has 0 saturated heterocycles. The SMILES string of the molecule is CCCC(CN)(CCC)C(=O)NCCn1ccnc1. The Kier molecular flexibility index (Phi) is 6.56. The molecule has 1 aromatic rings. The molecule has 1 amide bonds. The van der Waals surface area contributed by atoms with Crippen molar-refractivity contribution in [1.29, 1.82) is 0 Å². The van der Waals surface area contributed by atoms with E-state index in [4.69, 9.17) is 5.73 Å². The molecule has 5 nitrogen and oxygen atoms in total. The van der Waals surface area contributed by atoms with E-state index in [9.17, 15) is 4.79 Å². The van der Waals surface area contributed by atoms with Gasteiger partial charge in [-0.2, -0.15) is 0 Å². The number of nitrogens with one attached hydrogen (secondary N) is 1. The molecule has 0 fully saturated rings. The van der Waals surface area contributed by atoms with Crippen LogP contribution in [0.25, 0.3) is 0 Å². The van der Waals surface area contributed by atoms with Gasteiger partial charge in [-0.1, -0.05) is 26.7 Å². The summed E-state index contributed by atoms with van der Waals surface area (Å²) < 4.78 is 1.95. The zero-order chi connectivity index (χ0) is 14.1. The van der Waals surface area contributed by atoms with Gasteiger partial charge in [0, 0.05) is 32.0 Å². The van der Waals surface area contributed by atoms with Crippen molar-refractivity contribution in [3.63, 3.8) is 0 Å². The number of nitrogens with zero attached hydrogens (tertiary/aromatic N) is 2. The number of nitrogens with two attached hydrogens (primary N) is 1. The summed E-state index contributed by atoms with van der Waals surface area (Å²) in [5.41, 5.74) is 5.48. The van der Waals surface area contributed by atoms with Crippen molar-refractivity contribution in [3.8, 4) is 0 Å². The third kappa shape index (κ3) is 4.35. The number of aromatic nitrogens is 2. The second kappa shape index (κ2) is 7.94. The van der Waals surface area contributed by atoms with E-state index < -0.39 is 5.41 Å². The Labute approximate surface area is 115 Å². The van der Waals surface area contributed by atoms with Gasteiger partial charge in [0.1, 0.15) is 0 Å². The van der Waals surface area contributed by atoms with Crippen LogP contribution in [0.5, 0.6) is 0 Å². The summed E-state index contributed by atoms with van der Waals surface area (Å²) >= 11 is 0. The highest BCUT2D eigenvalue weighted by molar-refractivity contribution is 5.82. The molecule has 108 valence electrons. The van der Waals surface area contributed by atoms with Crippen LogP contribution in [-0.2, 0) is 11.3 Å². The van der Waals surface area contributed by atoms with Crippen LogP contribution in [-0.4, -0.2) is 28.5 Å². The van der Waals surface area contributed by atoms with E-state index in [1.54, 1.807) is 12.5 Å². The minimum Gasteiger partial charge on any atom is -0.354 e. The molecule has 0 aliphatic carbocycles. The number of amides is 1. The van der Waals surface area contributed by atoms with E-state index in [-0.39, 0.29) is 5.91 Å². The highest BCUT2D eigenvalue weighted by Gasteiger charge is 2.34. The Morgan fingerprint density at radius 3 is 2.53 bits per heavy atom. The van der Waals surface area contributed by atoms with Crippen molar-refractivity contribution in [2.75, 3.05) is 13.1 Å². The maximum atomic E-state index is 12.4. The molecule has 0 unspecified atom stereocenters. The fraction of sp³-hybridized carbons (Fsp3) is 0.714. The molecule has 0 saturated carbocycles. The van der Waals surface area contributed by atoms with Crippen LogP contribution < -0.4 is 11.1 Å². The van der Waals surface area contributed by atoms with Crippen LogP contribution in [0, 0.1) is 5.41 Å². The van der Waals surface area contributed by atoms with E-state index >= 15 is 0 Å². The van der Waals surface area contributed by atoms with E-state index in [1.807, 2.05) is 10.8 Å². The molecule has 0 spiro atoms. The number of carbonyl (C=O) groups is 1. The van der Waals surface area contributed by atoms with Gasteiger partial charge in [0.2, 0.25) is 5.91 Å². The second-order valence-corrected chi connectivity index (χ2v) is 5.04. The molecule has 1 heterocycles. The van der Waals surface area contributed by atoms with Gasteiger partial charge in [0.05, 0.1) is 11.7 Å². The third-order valence-corrected chi connectivity index (χ3v) is 3.54. The Hall–Kier alpha value is -1.36. The van der Waals surface area contributed by atoms with Crippen LogP contribution >= 0.6 is 0 Å². The van der Waals surface area contributed by atoms with Gasteiger partial charge in [-0.15, -0.1) is 0 Å². The van der Waals surface area contributed by atoms with Gasteiger partial charge in [0.25, 0.3) is 0 Å². The largest absolute Gasteiger partial charge is 0.354 e. The highest BCUT2D eigenvalue weighted by atomic mass is 16.2. The van der Waals surface area contributed by atoms with Crippen molar-refractivity contribution in [1.82, 2.24) is 14.9 Å². The first-order valence-electron chi connectivity index (χ1n) is 7.12. The molecule has 0 aliphatic heterocycles. The predicted octanol–water partition coefficient (Wildman–Crippen LogP) is 1.54. The number of imidazole rings is 1. The van der Waals surface area contributed by atoms with Crippen LogP contribution in [0.1, 0.15) is 39.5 Å². The molecular weight excluding hydrogens is 240 g/mol. The zero-order valence-electron chi connectivity index (χ0n) is 12.1.